The minimum Gasteiger partial charge on any atom is -0.398 e. The number of nitrogen functional groups attached to an aromatic ring is 1. The Morgan fingerprint density at radius 1 is 1.24 bits per heavy atom. The molecule has 2 aromatic rings. The highest BCUT2D eigenvalue weighted by Crippen LogP contribution is 2.25. The quantitative estimate of drug-likeness (QED) is 0.841. The van der Waals surface area contributed by atoms with Crippen LogP contribution in [0.3, 0.4) is 0 Å². The van der Waals surface area contributed by atoms with Crippen molar-refractivity contribution in [1.29, 1.82) is 5.26 Å². The molecule has 0 radical (unpaired) electrons. The highest BCUT2D eigenvalue weighted by Gasteiger charge is 2.10. The lowest BCUT2D eigenvalue weighted by Gasteiger charge is -2.25. The summed E-state index contributed by atoms with van der Waals surface area (Å²) in [5.74, 6) is 0. The van der Waals surface area contributed by atoms with Crippen LogP contribution in [-0.2, 0) is 6.54 Å². The number of benzene rings is 2. The fourth-order valence-corrected chi connectivity index (χ4v) is 2.46. The van der Waals surface area contributed by atoms with Gasteiger partial charge >= 0.3 is 0 Å². The van der Waals surface area contributed by atoms with Crippen molar-refractivity contribution in [1.82, 2.24) is 0 Å². The minimum atomic E-state index is 0.483. The number of hydrogen-bond donors (Lipinski definition) is 1. The van der Waals surface area contributed by atoms with E-state index in [4.69, 9.17) is 22.6 Å². The van der Waals surface area contributed by atoms with Gasteiger partial charge in [0.15, 0.2) is 0 Å². The van der Waals surface area contributed by atoms with Gasteiger partial charge in [-0.25, -0.2) is 0 Å². The van der Waals surface area contributed by atoms with Crippen LogP contribution < -0.4 is 10.6 Å². The van der Waals surface area contributed by atoms with E-state index in [0.29, 0.717) is 10.6 Å². The zero-order valence-corrected chi connectivity index (χ0v) is 12.8. The number of anilines is 2. The first-order valence-electron chi connectivity index (χ1n) is 6.93. The second-order valence-corrected chi connectivity index (χ2v) is 5.30. The number of nitrogens with two attached hydrogens (primary N) is 1. The topological polar surface area (TPSA) is 53.0 Å². The van der Waals surface area contributed by atoms with Crippen molar-refractivity contribution in [3.05, 3.63) is 58.6 Å². The van der Waals surface area contributed by atoms with Crippen molar-refractivity contribution in [2.45, 2.75) is 19.9 Å². The first-order chi connectivity index (χ1) is 10.2. The molecule has 0 atom stereocenters. The number of nitriles is 1. The predicted molar refractivity (Wildman–Crippen MR) is 88.4 cm³/mol. The van der Waals surface area contributed by atoms with E-state index in [-0.39, 0.29) is 0 Å². The molecule has 0 unspecified atom stereocenters. The summed E-state index contributed by atoms with van der Waals surface area (Å²) in [6, 6.07) is 15.5. The van der Waals surface area contributed by atoms with E-state index in [2.05, 4.69) is 17.9 Å². The number of nitrogens with zero attached hydrogens (tertiary/aromatic N) is 2. The number of hydrogen-bond acceptors (Lipinski definition) is 3. The Hall–Kier alpha value is -2.18. The summed E-state index contributed by atoms with van der Waals surface area (Å²) in [5, 5.41) is 9.44. The van der Waals surface area contributed by atoms with Gasteiger partial charge in [0.2, 0.25) is 0 Å². The van der Waals surface area contributed by atoms with Gasteiger partial charge in [0.05, 0.1) is 10.6 Å². The first-order valence-corrected chi connectivity index (χ1v) is 7.31. The van der Waals surface area contributed by atoms with Gasteiger partial charge in [0.1, 0.15) is 6.07 Å². The van der Waals surface area contributed by atoms with Crippen molar-refractivity contribution in [3.8, 4) is 6.07 Å². The van der Waals surface area contributed by atoms with E-state index in [9.17, 15) is 0 Å². The van der Waals surface area contributed by atoms with E-state index in [1.165, 1.54) is 0 Å². The second-order valence-electron chi connectivity index (χ2n) is 4.90. The summed E-state index contributed by atoms with van der Waals surface area (Å²) >= 11 is 6.13. The predicted octanol–water partition coefficient (Wildman–Crippen LogP) is 4.21. The molecule has 0 aliphatic rings. The fourth-order valence-electron chi connectivity index (χ4n) is 2.24. The van der Waals surface area contributed by atoms with Crippen LogP contribution in [-0.4, -0.2) is 6.54 Å². The van der Waals surface area contributed by atoms with Crippen molar-refractivity contribution >= 4 is 23.0 Å². The molecule has 0 saturated carbocycles. The standard InChI is InChI=1S/C17H18ClN3/c1-2-9-21(12-14-5-3-4-6-17(14)20)15-8-7-13(11-19)16(18)10-15/h3-8,10H,2,9,12,20H2,1H3. The third kappa shape index (κ3) is 3.68. The van der Waals surface area contributed by atoms with Gasteiger partial charge in [-0.15, -0.1) is 0 Å². The fraction of sp³-hybridized carbons (Fsp3) is 0.235. The second kappa shape index (κ2) is 7.01. The third-order valence-corrected chi connectivity index (χ3v) is 3.66. The molecule has 0 aromatic heterocycles. The van der Waals surface area contributed by atoms with Gasteiger partial charge in [-0.2, -0.15) is 5.26 Å². The summed E-state index contributed by atoms with van der Waals surface area (Å²) in [7, 11) is 0. The van der Waals surface area contributed by atoms with Crippen LogP contribution in [0, 0.1) is 11.3 Å². The monoisotopic (exact) mass is 299 g/mol. The Balaban J connectivity index is 2.29. The molecular weight excluding hydrogens is 282 g/mol. The molecule has 2 aromatic carbocycles. The molecule has 0 aliphatic heterocycles. The molecule has 108 valence electrons. The zero-order valence-electron chi connectivity index (χ0n) is 12.0. The van der Waals surface area contributed by atoms with Gasteiger partial charge in [0.25, 0.3) is 0 Å². The SMILES string of the molecule is CCCN(Cc1ccccc1N)c1ccc(C#N)c(Cl)c1. The molecule has 2 N–H and O–H groups in total. The van der Waals surface area contributed by atoms with Crippen LogP contribution in [0.1, 0.15) is 24.5 Å². The Morgan fingerprint density at radius 2 is 2.00 bits per heavy atom. The summed E-state index contributed by atoms with van der Waals surface area (Å²) in [5.41, 5.74) is 9.40. The van der Waals surface area contributed by atoms with Crippen LogP contribution in [0.25, 0.3) is 0 Å². The summed E-state index contributed by atoms with van der Waals surface area (Å²) < 4.78 is 0. The van der Waals surface area contributed by atoms with Crippen molar-refractivity contribution in [3.63, 3.8) is 0 Å². The molecule has 0 saturated heterocycles. The molecule has 2 rings (SSSR count). The van der Waals surface area contributed by atoms with Crippen LogP contribution >= 0.6 is 11.6 Å². The Labute approximate surface area is 130 Å². The lowest BCUT2D eigenvalue weighted by molar-refractivity contribution is 0.768. The van der Waals surface area contributed by atoms with Crippen molar-refractivity contribution in [2.24, 2.45) is 0 Å². The molecular formula is C17H18ClN3. The van der Waals surface area contributed by atoms with Gasteiger partial charge in [0, 0.05) is 24.5 Å². The largest absolute Gasteiger partial charge is 0.398 e. The minimum absolute atomic E-state index is 0.483. The molecule has 0 aliphatic carbocycles. The summed E-state index contributed by atoms with van der Waals surface area (Å²) in [4.78, 5) is 2.22. The van der Waals surface area contributed by atoms with E-state index in [1.807, 2.05) is 36.4 Å². The highest BCUT2D eigenvalue weighted by atomic mass is 35.5. The Morgan fingerprint density at radius 3 is 2.62 bits per heavy atom. The molecule has 21 heavy (non-hydrogen) atoms. The lowest BCUT2D eigenvalue weighted by atomic mass is 10.1. The summed E-state index contributed by atoms with van der Waals surface area (Å²) in [6.07, 6.45) is 1.02. The third-order valence-electron chi connectivity index (χ3n) is 3.35. The Bertz CT molecular complexity index is 661. The smallest absolute Gasteiger partial charge is 0.101 e. The highest BCUT2D eigenvalue weighted by molar-refractivity contribution is 6.32. The molecule has 0 fully saturated rings. The van der Waals surface area contributed by atoms with Crippen LogP contribution in [0.2, 0.25) is 5.02 Å². The lowest BCUT2D eigenvalue weighted by Crippen LogP contribution is -2.24. The summed E-state index contributed by atoms with van der Waals surface area (Å²) in [6.45, 7) is 3.76. The van der Waals surface area contributed by atoms with Gasteiger partial charge in [-0.05, 0) is 36.2 Å². The number of halogens is 1. The van der Waals surface area contributed by atoms with E-state index in [0.717, 1.165) is 36.4 Å². The maximum atomic E-state index is 8.96. The average molecular weight is 300 g/mol. The van der Waals surface area contributed by atoms with Crippen LogP contribution in [0.4, 0.5) is 11.4 Å². The molecule has 3 nitrogen and oxygen atoms in total. The maximum Gasteiger partial charge on any atom is 0.101 e. The van der Waals surface area contributed by atoms with Crippen LogP contribution in [0.5, 0.6) is 0 Å². The molecule has 0 bridgehead atoms. The van der Waals surface area contributed by atoms with Crippen molar-refractivity contribution in [2.75, 3.05) is 17.2 Å². The number of rotatable bonds is 5. The van der Waals surface area contributed by atoms with E-state index in [1.54, 1.807) is 6.07 Å². The van der Waals surface area contributed by atoms with Gasteiger partial charge in [-0.1, -0.05) is 36.7 Å². The Kier molecular flexibility index (Phi) is 5.08. The molecule has 0 heterocycles. The van der Waals surface area contributed by atoms with Gasteiger partial charge < -0.3 is 10.6 Å². The molecule has 0 spiro atoms. The van der Waals surface area contributed by atoms with E-state index < -0.39 is 0 Å². The normalized spacial score (nSPS) is 10.1. The van der Waals surface area contributed by atoms with E-state index >= 15 is 0 Å². The van der Waals surface area contributed by atoms with Crippen molar-refractivity contribution < 1.29 is 0 Å². The number of para-hydroxylation sites is 1. The maximum absolute atomic E-state index is 8.96. The average Bonchev–Trinajstić information content (AvgIpc) is 2.49. The molecule has 4 heteroatoms. The first kappa shape index (κ1) is 15.2. The van der Waals surface area contributed by atoms with Gasteiger partial charge in [-0.3, -0.25) is 0 Å². The molecule has 0 amide bonds. The van der Waals surface area contributed by atoms with Crippen LogP contribution in [0.15, 0.2) is 42.5 Å². The zero-order chi connectivity index (χ0) is 15.2.